The van der Waals surface area contributed by atoms with Gasteiger partial charge >= 0.3 is 11.9 Å². The van der Waals surface area contributed by atoms with E-state index in [4.69, 9.17) is 26.6 Å². The summed E-state index contributed by atoms with van der Waals surface area (Å²) in [5, 5.41) is 35.2. The largest absolute Gasteiger partial charge is 0.484 e. The van der Waals surface area contributed by atoms with Crippen molar-refractivity contribution in [2.45, 2.75) is 25.0 Å². The lowest BCUT2D eigenvalue weighted by Crippen LogP contribution is -2.25. The highest BCUT2D eigenvalue weighted by molar-refractivity contribution is 6.30. The Balaban J connectivity index is 0.000000414. The number of hydrogen-bond acceptors (Lipinski definition) is 6. The first-order valence-electron chi connectivity index (χ1n) is 10.2. The number of carbonyl (C=O) groups is 2. The Hall–Kier alpha value is -3.38. The van der Waals surface area contributed by atoms with Crippen LogP contribution in [-0.2, 0) is 9.59 Å². The summed E-state index contributed by atoms with van der Waals surface area (Å²) >= 11 is 6.07. The Kier molecular flexibility index (Phi) is 10.4. The smallest absolute Gasteiger partial charge is 0.328 e. The lowest BCUT2D eigenvalue weighted by molar-refractivity contribution is -0.134. The monoisotopic (exact) mass is 472 g/mol. The molecule has 0 radical (unpaired) electrons. The summed E-state index contributed by atoms with van der Waals surface area (Å²) in [6.45, 7) is 2.45. The van der Waals surface area contributed by atoms with Gasteiger partial charge in [0.15, 0.2) is 0 Å². The molecular formula is C24H25ClN2O6. The van der Waals surface area contributed by atoms with Gasteiger partial charge in [0.1, 0.15) is 17.9 Å². The zero-order chi connectivity index (χ0) is 24.2. The van der Waals surface area contributed by atoms with Crippen molar-refractivity contribution < 1.29 is 29.6 Å². The molecule has 174 valence electrons. The molecule has 0 amide bonds. The van der Waals surface area contributed by atoms with Gasteiger partial charge in [0.05, 0.1) is 11.7 Å². The number of likely N-dealkylation sites (tertiary alicyclic amines) is 1. The van der Waals surface area contributed by atoms with Gasteiger partial charge in [-0.3, -0.25) is 0 Å². The van der Waals surface area contributed by atoms with Gasteiger partial charge in [0.2, 0.25) is 0 Å². The SMILES string of the molecule is N#Cc1ccc(Cl)cc1O[C@H](CCN1CC[C@H](O)C1)c1ccccc1.O=C(O)C=CC(=O)O. The number of nitriles is 1. The van der Waals surface area contributed by atoms with Gasteiger partial charge in [-0.25, -0.2) is 9.59 Å². The van der Waals surface area contributed by atoms with Crippen LogP contribution in [0, 0.1) is 11.3 Å². The number of benzene rings is 2. The summed E-state index contributed by atoms with van der Waals surface area (Å²) in [5.41, 5.74) is 1.54. The number of hydrogen-bond donors (Lipinski definition) is 3. The molecule has 1 fully saturated rings. The lowest BCUT2D eigenvalue weighted by Gasteiger charge is -2.23. The molecule has 8 nitrogen and oxygen atoms in total. The number of β-amino-alcohol motifs (C(OH)–C–C–N with tert-alkyl or cyclic N) is 1. The fourth-order valence-corrected chi connectivity index (χ4v) is 3.42. The molecule has 0 spiro atoms. The zero-order valence-corrected chi connectivity index (χ0v) is 18.6. The second kappa shape index (κ2) is 13.2. The van der Waals surface area contributed by atoms with Crippen LogP contribution in [0.1, 0.15) is 30.1 Å². The number of aliphatic hydroxyl groups is 1. The normalized spacial score (nSPS) is 16.5. The summed E-state index contributed by atoms with van der Waals surface area (Å²) in [6.07, 6.45) is 2.31. The summed E-state index contributed by atoms with van der Waals surface area (Å²) < 4.78 is 6.19. The average Bonchev–Trinajstić information content (AvgIpc) is 3.21. The van der Waals surface area contributed by atoms with E-state index >= 15 is 0 Å². The summed E-state index contributed by atoms with van der Waals surface area (Å²) in [5.74, 6) is -2.01. The highest BCUT2D eigenvalue weighted by Gasteiger charge is 2.22. The molecule has 0 bridgehead atoms. The first-order valence-corrected chi connectivity index (χ1v) is 10.6. The number of aliphatic hydroxyl groups excluding tert-OH is 1. The van der Waals surface area contributed by atoms with Crippen molar-refractivity contribution in [3.05, 3.63) is 76.8 Å². The van der Waals surface area contributed by atoms with Crippen molar-refractivity contribution in [2.75, 3.05) is 19.6 Å². The third-order valence-electron chi connectivity index (χ3n) is 4.83. The molecule has 2 aromatic rings. The van der Waals surface area contributed by atoms with E-state index in [1.165, 1.54) is 0 Å². The molecule has 1 aliphatic heterocycles. The van der Waals surface area contributed by atoms with E-state index in [0.717, 1.165) is 31.5 Å². The van der Waals surface area contributed by atoms with Gasteiger partial charge in [0.25, 0.3) is 0 Å². The Morgan fingerprint density at radius 2 is 1.85 bits per heavy atom. The number of nitrogens with zero attached hydrogens (tertiary/aromatic N) is 2. The molecule has 0 unspecified atom stereocenters. The first-order chi connectivity index (χ1) is 15.8. The van der Waals surface area contributed by atoms with E-state index in [9.17, 15) is 20.0 Å². The van der Waals surface area contributed by atoms with Crippen molar-refractivity contribution in [1.82, 2.24) is 4.90 Å². The van der Waals surface area contributed by atoms with Gasteiger partial charge < -0.3 is 25.0 Å². The number of carboxylic acids is 2. The number of carboxylic acid groups (broad SMARTS) is 2. The number of aliphatic carboxylic acids is 2. The molecule has 9 heteroatoms. The van der Waals surface area contributed by atoms with Crippen LogP contribution >= 0.6 is 11.6 Å². The van der Waals surface area contributed by atoms with Crippen LogP contribution in [0.15, 0.2) is 60.7 Å². The van der Waals surface area contributed by atoms with E-state index in [2.05, 4.69) is 11.0 Å². The Morgan fingerprint density at radius 1 is 1.18 bits per heavy atom. The minimum Gasteiger partial charge on any atom is -0.484 e. The highest BCUT2D eigenvalue weighted by Crippen LogP contribution is 2.30. The quantitative estimate of drug-likeness (QED) is 0.497. The highest BCUT2D eigenvalue weighted by atomic mass is 35.5. The van der Waals surface area contributed by atoms with Gasteiger partial charge in [0, 0.05) is 49.3 Å². The third kappa shape index (κ3) is 9.33. The first kappa shape index (κ1) is 25.9. The maximum atomic E-state index is 9.69. The van der Waals surface area contributed by atoms with E-state index in [1.54, 1.807) is 18.2 Å². The predicted octanol–water partition coefficient (Wildman–Crippen LogP) is 3.50. The Morgan fingerprint density at radius 3 is 2.39 bits per heavy atom. The molecule has 0 aliphatic carbocycles. The Labute approximate surface area is 196 Å². The molecule has 2 aromatic carbocycles. The number of halogens is 1. The van der Waals surface area contributed by atoms with Gasteiger partial charge in [-0.05, 0) is 24.1 Å². The van der Waals surface area contributed by atoms with Crippen molar-refractivity contribution >= 4 is 23.5 Å². The average molecular weight is 473 g/mol. The van der Waals surface area contributed by atoms with E-state index in [-0.39, 0.29) is 12.2 Å². The number of rotatable bonds is 8. The molecule has 33 heavy (non-hydrogen) atoms. The van der Waals surface area contributed by atoms with Crippen LogP contribution in [-0.4, -0.2) is 57.9 Å². The van der Waals surface area contributed by atoms with Crippen molar-refractivity contribution in [3.63, 3.8) is 0 Å². The summed E-state index contributed by atoms with van der Waals surface area (Å²) in [7, 11) is 0. The fraction of sp³-hybridized carbons (Fsp3) is 0.292. The molecule has 0 aromatic heterocycles. The molecule has 2 atom stereocenters. The van der Waals surface area contributed by atoms with Crippen LogP contribution in [0.3, 0.4) is 0 Å². The Bertz CT molecular complexity index is 990. The molecule has 1 saturated heterocycles. The summed E-state index contributed by atoms with van der Waals surface area (Å²) in [6, 6.07) is 17.2. The van der Waals surface area contributed by atoms with Crippen molar-refractivity contribution in [3.8, 4) is 11.8 Å². The maximum absolute atomic E-state index is 9.69. The molecule has 1 aliphatic rings. The number of ether oxygens (including phenoxy) is 1. The second-order valence-electron chi connectivity index (χ2n) is 7.31. The molecule has 0 saturated carbocycles. The van der Waals surface area contributed by atoms with Crippen LogP contribution in [0.4, 0.5) is 0 Å². The minimum absolute atomic E-state index is 0.176. The topological polar surface area (TPSA) is 131 Å². The molecule has 1 heterocycles. The van der Waals surface area contributed by atoms with Gasteiger partial charge in [-0.15, -0.1) is 0 Å². The van der Waals surface area contributed by atoms with E-state index in [0.29, 0.717) is 35.0 Å². The van der Waals surface area contributed by atoms with Crippen LogP contribution in [0.2, 0.25) is 5.02 Å². The summed E-state index contributed by atoms with van der Waals surface area (Å²) in [4.78, 5) is 21.4. The van der Waals surface area contributed by atoms with Crippen LogP contribution in [0.25, 0.3) is 0 Å². The van der Waals surface area contributed by atoms with Crippen LogP contribution < -0.4 is 4.74 Å². The predicted molar refractivity (Wildman–Crippen MR) is 122 cm³/mol. The standard InChI is InChI=1S/C20H21ClN2O2.C4H4O4/c21-17-7-6-16(13-22)20(12-17)25-19(15-4-2-1-3-5-15)9-11-23-10-8-18(24)14-23;5-3(6)1-2-4(7)8/h1-7,12,18-19,24H,8-11,14H2;1-2H,(H,5,6)(H,7,8)/t18-,19+;/m0./s1. The van der Waals surface area contributed by atoms with Crippen LogP contribution in [0.5, 0.6) is 5.75 Å². The third-order valence-corrected chi connectivity index (χ3v) is 5.06. The second-order valence-corrected chi connectivity index (χ2v) is 7.75. The maximum Gasteiger partial charge on any atom is 0.328 e. The molecule has 3 N–H and O–H groups in total. The zero-order valence-electron chi connectivity index (χ0n) is 17.8. The van der Waals surface area contributed by atoms with Gasteiger partial charge in [-0.1, -0.05) is 41.9 Å². The lowest BCUT2D eigenvalue weighted by atomic mass is 10.1. The minimum atomic E-state index is -1.26. The fourth-order valence-electron chi connectivity index (χ4n) is 3.26. The van der Waals surface area contributed by atoms with Crippen molar-refractivity contribution in [2.24, 2.45) is 0 Å². The molecule has 3 rings (SSSR count). The van der Waals surface area contributed by atoms with Gasteiger partial charge in [-0.2, -0.15) is 5.26 Å². The molecular weight excluding hydrogens is 448 g/mol. The van der Waals surface area contributed by atoms with E-state index in [1.807, 2.05) is 30.3 Å². The van der Waals surface area contributed by atoms with Crippen molar-refractivity contribution in [1.29, 1.82) is 5.26 Å². The van der Waals surface area contributed by atoms with E-state index < -0.39 is 11.9 Å².